The largest absolute Gasteiger partial charge is 0.467 e. The van der Waals surface area contributed by atoms with Gasteiger partial charge in [-0.05, 0) is 26.0 Å². The van der Waals surface area contributed by atoms with E-state index in [9.17, 15) is 13.2 Å². The molecule has 0 spiro atoms. The predicted octanol–water partition coefficient (Wildman–Crippen LogP) is 1.15. The topological polar surface area (TPSA) is 128 Å². The van der Waals surface area contributed by atoms with Crippen LogP contribution in [0, 0.1) is 13.8 Å². The quantitative estimate of drug-likeness (QED) is 0.471. The average molecular weight is 467 g/mol. The molecule has 0 aromatic carbocycles. The van der Waals surface area contributed by atoms with Crippen LogP contribution in [0.4, 0.5) is 0 Å². The monoisotopic (exact) mass is 466 g/mol. The first-order valence-electron chi connectivity index (χ1n) is 9.60. The van der Waals surface area contributed by atoms with Gasteiger partial charge in [-0.1, -0.05) is 16.9 Å². The summed E-state index contributed by atoms with van der Waals surface area (Å²) in [6.45, 7) is 4.74. The number of aromatic nitrogens is 4. The summed E-state index contributed by atoms with van der Waals surface area (Å²) in [4.78, 5) is 14.4. The number of hydrogen-bond acceptors (Lipinski definition) is 9. The third-order valence-electron chi connectivity index (χ3n) is 4.97. The molecule has 1 amide bonds. The lowest BCUT2D eigenvalue weighted by Gasteiger charge is -2.33. The number of hydrogen-bond donors (Lipinski definition) is 0. The second-order valence-corrected chi connectivity index (χ2v) is 9.86. The van der Waals surface area contributed by atoms with Crippen LogP contribution < -0.4 is 0 Å². The molecule has 11 nitrogen and oxygen atoms in total. The molecule has 0 unspecified atom stereocenters. The molecule has 0 atom stereocenters. The maximum atomic E-state index is 12.9. The fourth-order valence-electron chi connectivity index (χ4n) is 3.40. The first kappa shape index (κ1) is 21.6. The number of thioether (sulfide) groups is 1. The van der Waals surface area contributed by atoms with Crippen LogP contribution >= 0.6 is 11.8 Å². The van der Waals surface area contributed by atoms with Crippen molar-refractivity contribution in [2.24, 2.45) is 0 Å². The molecular weight excluding hydrogens is 444 g/mol. The summed E-state index contributed by atoms with van der Waals surface area (Å²) in [5, 5.41) is 12.3. The summed E-state index contributed by atoms with van der Waals surface area (Å²) in [6, 6.07) is 3.66. The van der Waals surface area contributed by atoms with E-state index in [1.54, 1.807) is 31.3 Å². The third-order valence-corrected chi connectivity index (χ3v) is 8.08. The van der Waals surface area contributed by atoms with E-state index in [0.717, 1.165) is 5.76 Å². The third kappa shape index (κ3) is 4.52. The molecule has 1 aliphatic heterocycles. The van der Waals surface area contributed by atoms with Gasteiger partial charge in [0.15, 0.2) is 10.9 Å². The number of carbonyl (C=O) groups excluding carboxylic acids is 1. The zero-order chi connectivity index (χ0) is 22.0. The predicted molar refractivity (Wildman–Crippen MR) is 110 cm³/mol. The Balaban J connectivity index is 1.32. The van der Waals surface area contributed by atoms with Crippen molar-refractivity contribution >= 4 is 27.7 Å². The van der Waals surface area contributed by atoms with E-state index in [4.69, 9.17) is 8.94 Å². The number of amides is 1. The molecule has 4 rings (SSSR count). The Morgan fingerprint density at radius 1 is 1.23 bits per heavy atom. The molecule has 0 bridgehead atoms. The molecule has 166 valence electrons. The molecule has 0 N–H and O–H groups in total. The number of rotatable bonds is 7. The highest BCUT2D eigenvalue weighted by molar-refractivity contribution is 7.99. The Kier molecular flexibility index (Phi) is 6.16. The molecule has 1 aliphatic rings. The van der Waals surface area contributed by atoms with Crippen LogP contribution in [0.5, 0.6) is 0 Å². The summed E-state index contributed by atoms with van der Waals surface area (Å²) in [7, 11) is -3.70. The van der Waals surface area contributed by atoms with Crippen molar-refractivity contribution < 1.29 is 22.2 Å². The standard InChI is InChI=1S/C18H22N6O5S2/c1-13-17(14(2)29-21-13)31(26,27)24-7-5-22(6-8-24)16(25)11-30-18-20-19-12-23(18)10-15-4-3-9-28-15/h3-4,9,12H,5-8,10-11H2,1-2H3. The molecule has 1 fully saturated rings. The van der Waals surface area contributed by atoms with E-state index in [0.29, 0.717) is 30.5 Å². The number of sulfonamides is 1. The first-order chi connectivity index (χ1) is 14.9. The van der Waals surface area contributed by atoms with E-state index in [1.165, 1.54) is 16.1 Å². The molecule has 31 heavy (non-hydrogen) atoms. The van der Waals surface area contributed by atoms with E-state index in [-0.39, 0.29) is 35.4 Å². The molecule has 3 aromatic rings. The lowest BCUT2D eigenvalue weighted by molar-refractivity contribution is -0.129. The second-order valence-electron chi connectivity index (χ2n) is 7.05. The number of aryl methyl sites for hydroxylation is 2. The van der Waals surface area contributed by atoms with E-state index >= 15 is 0 Å². The molecule has 13 heteroatoms. The van der Waals surface area contributed by atoms with Gasteiger partial charge in [0.25, 0.3) is 0 Å². The Bertz CT molecular complexity index is 1130. The lowest BCUT2D eigenvalue weighted by atomic mass is 10.3. The van der Waals surface area contributed by atoms with Gasteiger partial charge in [-0.3, -0.25) is 4.79 Å². The van der Waals surface area contributed by atoms with E-state index in [2.05, 4.69) is 15.4 Å². The van der Waals surface area contributed by atoms with Crippen LogP contribution in [0.1, 0.15) is 17.2 Å². The summed E-state index contributed by atoms with van der Waals surface area (Å²) in [5.74, 6) is 1.15. The average Bonchev–Trinajstić information content (AvgIpc) is 3.49. The van der Waals surface area contributed by atoms with Gasteiger partial charge in [0.2, 0.25) is 15.9 Å². The number of carbonyl (C=O) groups is 1. The van der Waals surface area contributed by atoms with Gasteiger partial charge in [0, 0.05) is 26.2 Å². The van der Waals surface area contributed by atoms with Crippen molar-refractivity contribution in [3.8, 4) is 0 Å². The molecule has 1 saturated heterocycles. The minimum atomic E-state index is -3.70. The van der Waals surface area contributed by atoms with Crippen molar-refractivity contribution in [2.75, 3.05) is 31.9 Å². The summed E-state index contributed by atoms with van der Waals surface area (Å²) < 4.78 is 39.3. The van der Waals surface area contributed by atoms with Gasteiger partial charge in [0.1, 0.15) is 22.7 Å². The number of piperazine rings is 1. The van der Waals surface area contributed by atoms with Crippen molar-refractivity contribution in [1.29, 1.82) is 0 Å². The van der Waals surface area contributed by atoms with Gasteiger partial charge in [-0.25, -0.2) is 8.42 Å². The van der Waals surface area contributed by atoms with Gasteiger partial charge >= 0.3 is 0 Å². The minimum Gasteiger partial charge on any atom is -0.467 e. The Labute approximate surface area is 183 Å². The van der Waals surface area contributed by atoms with Gasteiger partial charge < -0.3 is 18.4 Å². The number of furan rings is 1. The van der Waals surface area contributed by atoms with Gasteiger partial charge in [0.05, 0.1) is 18.6 Å². The molecule has 0 aliphatic carbocycles. The lowest BCUT2D eigenvalue weighted by Crippen LogP contribution is -2.51. The van der Waals surface area contributed by atoms with Crippen LogP contribution in [0.2, 0.25) is 0 Å². The molecular formula is C18H22N6O5S2. The highest BCUT2D eigenvalue weighted by Crippen LogP contribution is 2.24. The van der Waals surface area contributed by atoms with Crippen LogP contribution in [-0.4, -0.2) is 75.4 Å². The molecule has 3 aromatic heterocycles. The SMILES string of the molecule is Cc1noc(C)c1S(=O)(=O)N1CCN(C(=O)CSc2nncn2Cc2ccco2)CC1. The van der Waals surface area contributed by atoms with Crippen molar-refractivity contribution in [2.45, 2.75) is 30.4 Å². The first-order valence-corrected chi connectivity index (χ1v) is 12.0. The van der Waals surface area contributed by atoms with Crippen molar-refractivity contribution in [1.82, 2.24) is 29.1 Å². The van der Waals surface area contributed by atoms with Crippen molar-refractivity contribution in [3.63, 3.8) is 0 Å². The second kappa shape index (κ2) is 8.85. The van der Waals surface area contributed by atoms with Crippen LogP contribution in [0.25, 0.3) is 0 Å². The fraction of sp³-hybridized carbons (Fsp3) is 0.444. The number of nitrogens with zero attached hydrogens (tertiary/aromatic N) is 6. The maximum absolute atomic E-state index is 12.9. The fourth-order valence-corrected chi connectivity index (χ4v) is 5.93. The van der Waals surface area contributed by atoms with E-state index in [1.807, 2.05) is 16.7 Å². The maximum Gasteiger partial charge on any atom is 0.248 e. The van der Waals surface area contributed by atoms with E-state index < -0.39 is 10.0 Å². The summed E-state index contributed by atoms with van der Waals surface area (Å²) >= 11 is 1.29. The molecule has 4 heterocycles. The highest BCUT2D eigenvalue weighted by Gasteiger charge is 2.34. The highest BCUT2D eigenvalue weighted by atomic mass is 32.2. The van der Waals surface area contributed by atoms with Gasteiger partial charge in [-0.2, -0.15) is 4.31 Å². The molecule has 0 saturated carbocycles. The minimum absolute atomic E-state index is 0.0769. The van der Waals surface area contributed by atoms with Crippen LogP contribution in [-0.2, 0) is 21.4 Å². The summed E-state index contributed by atoms with van der Waals surface area (Å²) in [5.41, 5.74) is 0.339. The Hall–Kier alpha value is -2.64. The zero-order valence-corrected chi connectivity index (χ0v) is 18.7. The van der Waals surface area contributed by atoms with Crippen LogP contribution in [0.3, 0.4) is 0 Å². The normalized spacial score (nSPS) is 15.5. The zero-order valence-electron chi connectivity index (χ0n) is 17.1. The van der Waals surface area contributed by atoms with Crippen molar-refractivity contribution in [3.05, 3.63) is 41.9 Å². The van der Waals surface area contributed by atoms with Crippen LogP contribution in [0.15, 0.2) is 43.7 Å². The Morgan fingerprint density at radius 2 is 2.00 bits per heavy atom. The van der Waals surface area contributed by atoms with Gasteiger partial charge in [-0.15, -0.1) is 10.2 Å². The Morgan fingerprint density at radius 3 is 2.65 bits per heavy atom. The summed E-state index contributed by atoms with van der Waals surface area (Å²) in [6.07, 6.45) is 3.19. The smallest absolute Gasteiger partial charge is 0.248 e. The molecule has 0 radical (unpaired) electrons.